The third kappa shape index (κ3) is 3.59. The average molecular weight is 593 g/mol. The molecule has 10 rings (SSSR count). The zero-order valence-electron chi connectivity index (χ0n) is 32.4. The Kier molecular flexibility index (Phi) is 3.92. The Morgan fingerprint density at radius 3 is 2.02 bits per heavy atom. The Labute approximate surface area is 277 Å². The highest BCUT2D eigenvalue weighted by Crippen LogP contribution is 2.42. The van der Waals surface area contributed by atoms with Gasteiger partial charge in [-0.25, -0.2) is 0 Å². The summed E-state index contributed by atoms with van der Waals surface area (Å²) in [4.78, 5) is 0. The number of hydrogen-bond acceptors (Lipinski definition) is 0. The lowest BCUT2D eigenvalue weighted by molar-refractivity contribution is 1.17. The molecule has 2 heterocycles. The fourth-order valence-corrected chi connectivity index (χ4v) is 7.11. The average Bonchev–Trinajstić information content (AvgIpc) is 3.70. The van der Waals surface area contributed by atoms with Crippen LogP contribution >= 0.6 is 0 Å². The maximum atomic E-state index is 9.82. The summed E-state index contributed by atoms with van der Waals surface area (Å²) in [5.41, 5.74) is 4.09. The number of para-hydroxylation sites is 2. The van der Waals surface area contributed by atoms with Crippen LogP contribution in [0, 0.1) is 0 Å². The number of benzene rings is 8. The van der Waals surface area contributed by atoms with E-state index < -0.39 is 0 Å². The van der Waals surface area contributed by atoms with Crippen molar-refractivity contribution in [2.45, 2.75) is 0 Å². The van der Waals surface area contributed by atoms with Crippen LogP contribution in [0.15, 0.2) is 170 Å². The first-order chi connectivity index (χ1) is 26.2. The maximum absolute atomic E-state index is 9.82. The Morgan fingerprint density at radius 2 is 1.13 bits per heavy atom. The molecule has 2 nitrogen and oxygen atoms in total. The minimum atomic E-state index is -0.324. The summed E-state index contributed by atoms with van der Waals surface area (Å²) in [6.07, 6.45) is 0. The molecule has 46 heavy (non-hydrogen) atoms. The monoisotopic (exact) mass is 592 g/mol. The normalized spacial score (nSPS) is 14.3. The molecule has 214 valence electrons. The van der Waals surface area contributed by atoms with Crippen molar-refractivity contribution < 1.29 is 11.0 Å². The quantitative estimate of drug-likeness (QED) is 0.193. The van der Waals surface area contributed by atoms with Gasteiger partial charge in [-0.1, -0.05) is 121 Å². The van der Waals surface area contributed by atoms with Crippen molar-refractivity contribution in [1.29, 1.82) is 0 Å². The molecule has 0 aliphatic heterocycles. The van der Waals surface area contributed by atoms with E-state index in [1.807, 2.05) is 130 Å². The molecule has 0 aliphatic rings. The number of nitrogens with zero attached hydrogens (tertiary/aromatic N) is 2. The van der Waals surface area contributed by atoms with Gasteiger partial charge in [-0.05, 0) is 81.1 Å². The highest BCUT2D eigenvalue weighted by atomic mass is 15.0. The summed E-state index contributed by atoms with van der Waals surface area (Å²) in [6, 6.07) is 37.1. The van der Waals surface area contributed by atoms with Crippen molar-refractivity contribution >= 4 is 65.2 Å². The standard InChI is InChI=1S/C44H28N2/c1-2-16-32(17-3-1)45-40-23-9-8-21-37(40)38-27-39-43(28-42(38)45)46(41-25-24-30-13-5-7-20-36(30)44(39)41)33-18-10-15-31(26-33)35-22-11-14-29-12-4-6-19-34(29)35/h1-28H/i8D,9D,10D,15D,18D,21D,23D,26D. The first-order valence-corrected chi connectivity index (χ1v) is 15.2. The molecule has 0 fully saturated rings. The van der Waals surface area contributed by atoms with E-state index >= 15 is 0 Å². The molecular weight excluding hydrogens is 556 g/mol. The van der Waals surface area contributed by atoms with E-state index in [4.69, 9.17) is 8.22 Å². The molecule has 0 saturated carbocycles. The molecule has 0 unspecified atom stereocenters. The zero-order chi connectivity index (χ0) is 37.2. The summed E-state index contributed by atoms with van der Waals surface area (Å²) < 4.78 is 76.5. The van der Waals surface area contributed by atoms with Crippen LogP contribution in [0.4, 0.5) is 0 Å². The fourth-order valence-electron chi connectivity index (χ4n) is 7.11. The van der Waals surface area contributed by atoms with Crippen LogP contribution in [0.25, 0.3) is 87.7 Å². The maximum Gasteiger partial charge on any atom is 0.0651 e. The van der Waals surface area contributed by atoms with Crippen LogP contribution in [0.2, 0.25) is 0 Å². The van der Waals surface area contributed by atoms with Gasteiger partial charge in [0.15, 0.2) is 0 Å². The summed E-state index contributed by atoms with van der Waals surface area (Å²) >= 11 is 0. The van der Waals surface area contributed by atoms with Gasteiger partial charge in [0, 0.05) is 32.9 Å². The molecule has 2 heteroatoms. The minimum Gasteiger partial charge on any atom is -0.309 e. The van der Waals surface area contributed by atoms with Gasteiger partial charge in [-0.15, -0.1) is 0 Å². The van der Waals surface area contributed by atoms with Crippen LogP contribution in [0.5, 0.6) is 0 Å². The van der Waals surface area contributed by atoms with Crippen LogP contribution in [0.3, 0.4) is 0 Å². The summed E-state index contributed by atoms with van der Waals surface area (Å²) in [5, 5.41) is 6.33. The summed E-state index contributed by atoms with van der Waals surface area (Å²) in [7, 11) is 0. The van der Waals surface area contributed by atoms with E-state index in [9.17, 15) is 2.74 Å². The van der Waals surface area contributed by atoms with Gasteiger partial charge in [-0.2, -0.15) is 0 Å². The number of fused-ring (bicyclic) bond motifs is 9. The highest BCUT2D eigenvalue weighted by molar-refractivity contribution is 6.25. The lowest BCUT2D eigenvalue weighted by atomic mass is 9.98. The van der Waals surface area contributed by atoms with Crippen molar-refractivity contribution in [3.05, 3.63) is 170 Å². The molecule has 2 aromatic heterocycles. The molecule has 0 spiro atoms. The van der Waals surface area contributed by atoms with Crippen molar-refractivity contribution in [2.24, 2.45) is 0 Å². The minimum absolute atomic E-state index is 0.0485. The molecule has 10 aromatic rings. The predicted molar refractivity (Wildman–Crippen MR) is 196 cm³/mol. The number of aromatic nitrogens is 2. The molecule has 0 radical (unpaired) electrons. The highest BCUT2D eigenvalue weighted by Gasteiger charge is 2.20. The molecule has 0 atom stereocenters. The van der Waals surface area contributed by atoms with Gasteiger partial charge < -0.3 is 9.13 Å². The van der Waals surface area contributed by atoms with Gasteiger partial charge in [-0.3, -0.25) is 0 Å². The lowest BCUT2D eigenvalue weighted by Gasteiger charge is -2.13. The van der Waals surface area contributed by atoms with Gasteiger partial charge in [0.1, 0.15) is 0 Å². The van der Waals surface area contributed by atoms with Crippen LogP contribution in [0.1, 0.15) is 11.0 Å². The topological polar surface area (TPSA) is 9.86 Å². The van der Waals surface area contributed by atoms with Crippen molar-refractivity contribution in [3.63, 3.8) is 0 Å². The molecule has 0 N–H and O–H groups in total. The Hall–Kier alpha value is -6.12. The Balaban J connectivity index is 1.44. The smallest absolute Gasteiger partial charge is 0.0651 e. The van der Waals surface area contributed by atoms with Crippen molar-refractivity contribution in [1.82, 2.24) is 9.13 Å². The van der Waals surface area contributed by atoms with E-state index in [1.165, 1.54) is 0 Å². The Morgan fingerprint density at radius 1 is 0.413 bits per heavy atom. The van der Waals surface area contributed by atoms with Gasteiger partial charge in [0.2, 0.25) is 0 Å². The molecule has 0 aliphatic carbocycles. The second-order valence-electron chi connectivity index (χ2n) is 11.5. The third-order valence-electron chi connectivity index (χ3n) is 9.08. The van der Waals surface area contributed by atoms with E-state index in [0.717, 1.165) is 32.3 Å². The van der Waals surface area contributed by atoms with Crippen molar-refractivity contribution in [2.75, 3.05) is 0 Å². The second kappa shape index (κ2) is 9.69. The summed E-state index contributed by atoms with van der Waals surface area (Å²) in [6.45, 7) is 0. The molecular formula is C44H28N2. The number of hydrogen-bond donors (Lipinski definition) is 0. The van der Waals surface area contributed by atoms with Crippen LogP contribution in [-0.2, 0) is 0 Å². The van der Waals surface area contributed by atoms with Gasteiger partial charge >= 0.3 is 0 Å². The van der Waals surface area contributed by atoms with E-state index in [0.29, 0.717) is 44.1 Å². The first kappa shape index (κ1) is 18.6. The van der Waals surface area contributed by atoms with Crippen LogP contribution in [-0.4, -0.2) is 9.13 Å². The lowest BCUT2D eigenvalue weighted by Crippen LogP contribution is -1.96. The Bertz CT molecular complexity index is 3250. The molecule has 0 bridgehead atoms. The second-order valence-corrected chi connectivity index (χ2v) is 11.5. The van der Waals surface area contributed by atoms with Gasteiger partial charge in [0.25, 0.3) is 0 Å². The molecule has 8 aromatic carbocycles. The largest absolute Gasteiger partial charge is 0.309 e. The first-order valence-electron chi connectivity index (χ1n) is 19.2. The van der Waals surface area contributed by atoms with E-state index in [2.05, 4.69) is 0 Å². The molecule has 0 saturated heterocycles. The zero-order valence-corrected chi connectivity index (χ0v) is 24.4. The molecule has 0 amide bonds. The van der Waals surface area contributed by atoms with E-state index in [-0.39, 0.29) is 59.6 Å². The third-order valence-corrected chi connectivity index (χ3v) is 9.08. The summed E-state index contributed by atoms with van der Waals surface area (Å²) in [5.74, 6) is 0. The predicted octanol–water partition coefficient (Wildman–Crippen LogP) is 11.9. The van der Waals surface area contributed by atoms with Gasteiger partial charge in [0.05, 0.1) is 33.0 Å². The SMILES string of the molecule is [2H]c1c([2H])c(-c2cccc3ccccc23)c([2H])c(-n2c3cc4c(cc3c3c5ccccc5ccc32)c2c([2H])c([2H])c([2H])c([2H])c2n4-c2ccccc2)c1[2H]. The van der Waals surface area contributed by atoms with E-state index in [1.54, 1.807) is 0 Å². The van der Waals surface area contributed by atoms with Crippen LogP contribution < -0.4 is 0 Å². The fraction of sp³-hybridized carbons (Fsp3) is 0. The number of rotatable bonds is 3. The van der Waals surface area contributed by atoms with Crippen molar-refractivity contribution in [3.8, 4) is 22.5 Å².